The molecule has 0 aliphatic rings. The van der Waals surface area contributed by atoms with Crippen LogP contribution in [0, 0.1) is 6.92 Å². The van der Waals surface area contributed by atoms with Crippen molar-refractivity contribution in [3.05, 3.63) is 45.9 Å². The van der Waals surface area contributed by atoms with Gasteiger partial charge in [-0.3, -0.25) is 4.99 Å². The normalized spacial score (nSPS) is 12.4. The lowest BCUT2D eigenvalue weighted by Crippen LogP contribution is -2.41. The fourth-order valence-corrected chi connectivity index (χ4v) is 4.99. The molecule has 162 valence electrons. The standard InChI is InChI=1S/C19H29N5O2S2.HI/c1-14-22-16(13-27-14)12-24(6)18(20-5)21-11-15-9-7-8-10-17(15)28(25,26)23-19(2,3)4;/h7-10,13,23H,11-12H2,1-6H3,(H,20,21);1H. The number of aromatic nitrogens is 1. The van der Waals surface area contributed by atoms with Crippen LogP contribution in [0.2, 0.25) is 0 Å². The Morgan fingerprint density at radius 2 is 1.93 bits per heavy atom. The van der Waals surface area contributed by atoms with Crippen LogP contribution in [0.1, 0.15) is 37.0 Å². The SMILES string of the molecule is CN=C(NCc1ccccc1S(=O)(=O)NC(C)(C)C)N(C)Cc1csc(C)n1.I. The van der Waals surface area contributed by atoms with E-state index in [4.69, 9.17) is 0 Å². The topological polar surface area (TPSA) is 86.7 Å². The minimum Gasteiger partial charge on any atom is -0.352 e. The zero-order valence-electron chi connectivity index (χ0n) is 17.7. The van der Waals surface area contributed by atoms with Crippen molar-refractivity contribution < 1.29 is 8.42 Å². The quantitative estimate of drug-likeness (QED) is 0.327. The summed E-state index contributed by atoms with van der Waals surface area (Å²) < 4.78 is 28.3. The van der Waals surface area contributed by atoms with Crippen molar-refractivity contribution >= 4 is 51.3 Å². The molecular weight excluding hydrogens is 521 g/mol. The van der Waals surface area contributed by atoms with Crippen LogP contribution in [0.25, 0.3) is 0 Å². The Morgan fingerprint density at radius 3 is 2.48 bits per heavy atom. The number of nitrogens with zero attached hydrogens (tertiary/aromatic N) is 3. The summed E-state index contributed by atoms with van der Waals surface area (Å²) in [5.41, 5.74) is 1.10. The minimum atomic E-state index is -3.62. The first-order valence-electron chi connectivity index (χ1n) is 8.96. The largest absolute Gasteiger partial charge is 0.352 e. The summed E-state index contributed by atoms with van der Waals surface area (Å²) in [4.78, 5) is 11.0. The Kier molecular flexibility index (Phi) is 9.51. The zero-order valence-corrected chi connectivity index (χ0v) is 21.6. The van der Waals surface area contributed by atoms with Gasteiger partial charge in [-0.2, -0.15) is 0 Å². The molecule has 0 bridgehead atoms. The number of guanidine groups is 1. The van der Waals surface area contributed by atoms with E-state index in [1.54, 1.807) is 36.6 Å². The second kappa shape index (κ2) is 10.7. The summed E-state index contributed by atoms with van der Waals surface area (Å²) in [6.45, 7) is 8.40. The van der Waals surface area contributed by atoms with Gasteiger partial charge in [0.05, 0.1) is 22.1 Å². The summed E-state index contributed by atoms with van der Waals surface area (Å²) in [5.74, 6) is 0.668. The molecule has 0 saturated heterocycles. The Hall–Kier alpha value is -1.24. The molecule has 29 heavy (non-hydrogen) atoms. The first kappa shape index (κ1) is 25.8. The lowest BCUT2D eigenvalue weighted by molar-refractivity contribution is 0.470. The number of hydrogen-bond acceptors (Lipinski definition) is 5. The van der Waals surface area contributed by atoms with Gasteiger partial charge < -0.3 is 10.2 Å². The third kappa shape index (κ3) is 7.83. The van der Waals surface area contributed by atoms with Crippen LogP contribution in [-0.4, -0.2) is 43.9 Å². The molecule has 0 fully saturated rings. The van der Waals surface area contributed by atoms with Crippen LogP contribution in [0.5, 0.6) is 0 Å². The van der Waals surface area contributed by atoms with Crippen molar-refractivity contribution in [1.29, 1.82) is 0 Å². The van der Waals surface area contributed by atoms with E-state index in [1.807, 2.05) is 51.1 Å². The van der Waals surface area contributed by atoms with E-state index in [2.05, 4.69) is 20.0 Å². The van der Waals surface area contributed by atoms with Gasteiger partial charge >= 0.3 is 0 Å². The van der Waals surface area contributed by atoms with Crippen molar-refractivity contribution in [3.63, 3.8) is 0 Å². The van der Waals surface area contributed by atoms with Crippen LogP contribution in [-0.2, 0) is 23.1 Å². The summed E-state index contributed by atoms with van der Waals surface area (Å²) in [7, 11) is 0.00634. The van der Waals surface area contributed by atoms with E-state index < -0.39 is 15.6 Å². The third-order valence-corrected chi connectivity index (χ3v) is 6.46. The Labute approximate surface area is 195 Å². The molecule has 1 aromatic heterocycles. The van der Waals surface area contributed by atoms with Gasteiger partial charge in [0.25, 0.3) is 0 Å². The van der Waals surface area contributed by atoms with Crippen LogP contribution < -0.4 is 10.0 Å². The number of aryl methyl sites for hydroxylation is 1. The van der Waals surface area contributed by atoms with Crippen molar-refractivity contribution in [2.75, 3.05) is 14.1 Å². The predicted octanol–water partition coefficient (Wildman–Crippen LogP) is 3.35. The van der Waals surface area contributed by atoms with E-state index in [1.165, 1.54) is 0 Å². The maximum atomic E-state index is 12.8. The summed E-state index contributed by atoms with van der Waals surface area (Å²) >= 11 is 1.61. The monoisotopic (exact) mass is 551 g/mol. The molecule has 0 saturated carbocycles. The van der Waals surface area contributed by atoms with Gasteiger partial charge in [-0.25, -0.2) is 18.1 Å². The minimum absolute atomic E-state index is 0. The molecule has 0 aliphatic heterocycles. The highest BCUT2D eigenvalue weighted by Crippen LogP contribution is 2.18. The van der Waals surface area contributed by atoms with E-state index in [-0.39, 0.29) is 28.9 Å². The molecule has 1 heterocycles. The number of thiazole rings is 1. The van der Waals surface area contributed by atoms with Crippen LogP contribution >= 0.6 is 35.3 Å². The number of sulfonamides is 1. The molecule has 10 heteroatoms. The highest BCUT2D eigenvalue weighted by Gasteiger charge is 2.24. The van der Waals surface area contributed by atoms with Gasteiger partial charge in [0.2, 0.25) is 10.0 Å². The number of aliphatic imine (C=N–C) groups is 1. The fourth-order valence-electron chi connectivity index (χ4n) is 2.73. The molecule has 0 aliphatic carbocycles. The molecule has 7 nitrogen and oxygen atoms in total. The lowest BCUT2D eigenvalue weighted by Gasteiger charge is -2.23. The van der Waals surface area contributed by atoms with Crippen molar-refractivity contribution in [3.8, 4) is 0 Å². The molecule has 0 amide bonds. The van der Waals surface area contributed by atoms with E-state index in [0.717, 1.165) is 10.7 Å². The number of halogens is 1. The second-order valence-corrected chi connectivity index (χ2v) is 10.3. The van der Waals surface area contributed by atoms with E-state index >= 15 is 0 Å². The smallest absolute Gasteiger partial charge is 0.241 e. The second-order valence-electron chi connectivity index (χ2n) is 7.58. The van der Waals surface area contributed by atoms with Gasteiger partial charge in [0.1, 0.15) is 0 Å². The first-order valence-corrected chi connectivity index (χ1v) is 11.3. The Balaban J connectivity index is 0.00000420. The maximum absolute atomic E-state index is 12.8. The zero-order chi connectivity index (χ0) is 20.9. The van der Waals surface area contributed by atoms with Crippen LogP contribution in [0.4, 0.5) is 0 Å². The number of rotatable bonds is 6. The Bertz CT molecular complexity index is 936. The van der Waals surface area contributed by atoms with Gasteiger partial charge in [-0.15, -0.1) is 35.3 Å². The molecular formula is C19H30IN5O2S2. The van der Waals surface area contributed by atoms with E-state index in [9.17, 15) is 8.42 Å². The van der Waals surface area contributed by atoms with Crippen molar-refractivity contribution in [1.82, 2.24) is 19.9 Å². The molecule has 2 N–H and O–H groups in total. The maximum Gasteiger partial charge on any atom is 0.241 e. The predicted molar refractivity (Wildman–Crippen MR) is 130 cm³/mol. The molecule has 0 spiro atoms. The lowest BCUT2D eigenvalue weighted by atomic mass is 10.1. The molecule has 2 aromatic rings. The number of nitrogens with one attached hydrogen (secondary N) is 2. The average Bonchev–Trinajstić information content (AvgIpc) is 2.98. The first-order chi connectivity index (χ1) is 13.0. The summed E-state index contributed by atoms with van der Waals surface area (Å²) in [5, 5.41) is 6.30. The van der Waals surface area contributed by atoms with E-state index in [0.29, 0.717) is 24.6 Å². The highest BCUT2D eigenvalue weighted by atomic mass is 127. The summed E-state index contributed by atoms with van der Waals surface area (Å²) in [6.07, 6.45) is 0. The van der Waals surface area contributed by atoms with Crippen molar-refractivity contribution in [2.24, 2.45) is 4.99 Å². The highest BCUT2D eigenvalue weighted by molar-refractivity contribution is 14.0. The number of benzene rings is 1. The van der Waals surface area contributed by atoms with Gasteiger partial charge in [-0.05, 0) is 39.3 Å². The van der Waals surface area contributed by atoms with Crippen molar-refractivity contribution in [2.45, 2.75) is 51.2 Å². The molecule has 0 unspecified atom stereocenters. The van der Waals surface area contributed by atoms with Crippen LogP contribution in [0.15, 0.2) is 39.5 Å². The molecule has 2 rings (SSSR count). The van der Waals surface area contributed by atoms with Gasteiger partial charge in [0.15, 0.2) is 5.96 Å². The average molecular weight is 552 g/mol. The third-order valence-electron chi connectivity index (χ3n) is 3.78. The van der Waals surface area contributed by atoms with Crippen LogP contribution in [0.3, 0.4) is 0 Å². The van der Waals surface area contributed by atoms with Gasteiger partial charge in [-0.1, -0.05) is 18.2 Å². The fraction of sp³-hybridized carbons (Fsp3) is 0.474. The molecule has 0 atom stereocenters. The number of hydrogen-bond donors (Lipinski definition) is 2. The van der Waals surface area contributed by atoms with Gasteiger partial charge in [0, 0.05) is 31.6 Å². The molecule has 0 radical (unpaired) electrons. The molecule has 1 aromatic carbocycles. The summed E-state index contributed by atoms with van der Waals surface area (Å²) in [6, 6.07) is 6.99. The Morgan fingerprint density at radius 1 is 1.28 bits per heavy atom.